The van der Waals surface area contributed by atoms with Crippen LogP contribution >= 0.6 is 0 Å². The van der Waals surface area contributed by atoms with Crippen molar-refractivity contribution in [3.05, 3.63) is 12.2 Å². The fourth-order valence-electron chi connectivity index (χ4n) is 3.16. The topological polar surface area (TPSA) is 74.6 Å². The van der Waals surface area contributed by atoms with E-state index in [0.29, 0.717) is 6.42 Å². The third kappa shape index (κ3) is 17.5. The van der Waals surface area contributed by atoms with Crippen LogP contribution < -0.4 is 0 Å². The Bertz CT molecular complexity index is 376. The highest BCUT2D eigenvalue weighted by molar-refractivity contribution is 5.77. The number of hydrogen-bond donors (Lipinski definition) is 2. The highest BCUT2D eigenvalue weighted by Crippen LogP contribution is 2.16. The summed E-state index contributed by atoms with van der Waals surface area (Å²) in [5, 5.41) is 17.7. The molecule has 0 aliphatic carbocycles. The van der Waals surface area contributed by atoms with Crippen LogP contribution in [0.5, 0.6) is 0 Å². The van der Waals surface area contributed by atoms with Crippen molar-refractivity contribution in [3.63, 3.8) is 0 Å². The normalized spacial score (nSPS) is 12.5. The monoisotopic (exact) mass is 368 g/mol. The minimum absolute atomic E-state index is 0.265. The second-order valence-electron chi connectivity index (χ2n) is 7.36. The first-order chi connectivity index (χ1) is 12.6. The molecule has 0 heterocycles. The molecule has 0 rings (SSSR count). The van der Waals surface area contributed by atoms with Gasteiger partial charge in [0.1, 0.15) is 0 Å². The molecule has 4 nitrogen and oxygen atoms in total. The molecule has 0 aliphatic heterocycles. The molecular weight excluding hydrogens is 328 g/mol. The van der Waals surface area contributed by atoms with Gasteiger partial charge in [0.05, 0.1) is 12.3 Å². The molecule has 0 amide bonds. The lowest BCUT2D eigenvalue weighted by molar-refractivity contribution is -0.148. The molecule has 0 saturated heterocycles. The molecule has 0 bridgehead atoms. The summed E-state index contributed by atoms with van der Waals surface area (Å²) in [6, 6.07) is 0. The second-order valence-corrected chi connectivity index (χ2v) is 7.36. The molecule has 1 unspecified atom stereocenters. The van der Waals surface area contributed by atoms with Crippen LogP contribution in [-0.2, 0) is 9.59 Å². The van der Waals surface area contributed by atoms with Gasteiger partial charge in [-0.25, -0.2) is 0 Å². The van der Waals surface area contributed by atoms with Gasteiger partial charge in [-0.15, -0.1) is 0 Å². The van der Waals surface area contributed by atoms with Crippen molar-refractivity contribution in [2.45, 2.75) is 110 Å². The number of unbranched alkanes of at least 4 members (excludes halogenated alkanes) is 12. The summed E-state index contributed by atoms with van der Waals surface area (Å²) in [4.78, 5) is 21.6. The Morgan fingerprint density at radius 3 is 1.65 bits per heavy atom. The van der Waals surface area contributed by atoms with Gasteiger partial charge in [0.25, 0.3) is 0 Å². The van der Waals surface area contributed by atoms with Gasteiger partial charge < -0.3 is 10.2 Å². The molecule has 26 heavy (non-hydrogen) atoms. The Morgan fingerprint density at radius 2 is 1.19 bits per heavy atom. The smallest absolute Gasteiger partial charge is 0.307 e. The second kappa shape index (κ2) is 18.5. The van der Waals surface area contributed by atoms with Crippen LogP contribution in [0.3, 0.4) is 0 Å². The highest BCUT2D eigenvalue weighted by Gasteiger charge is 2.20. The summed E-state index contributed by atoms with van der Waals surface area (Å²) >= 11 is 0. The van der Waals surface area contributed by atoms with Crippen molar-refractivity contribution in [1.29, 1.82) is 0 Å². The molecule has 0 spiro atoms. The zero-order valence-corrected chi connectivity index (χ0v) is 16.8. The van der Waals surface area contributed by atoms with Crippen LogP contribution in [0.1, 0.15) is 110 Å². The molecular formula is C22H40O4. The van der Waals surface area contributed by atoms with E-state index in [-0.39, 0.29) is 6.42 Å². The van der Waals surface area contributed by atoms with E-state index in [9.17, 15) is 9.59 Å². The van der Waals surface area contributed by atoms with Crippen LogP contribution in [0.4, 0.5) is 0 Å². The van der Waals surface area contributed by atoms with Crippen molar-refractivity contribution in [3.8, 4) is 0 Å². The molecule has 152 valence electrons. The maximum atomic E-state index is 11.0. The fraction of sp³-hybridized carbons (Fsp3) is 0.818. The van der Waals surface area contributed by atoms with Gasteiger partial charge in [0, 0.05) is 0 Å². The number of carboxylic acid groups (broad SMARTS) is 2. The van der Waals surface area contributed by atoms with E-state index in [1.807, 2.05) is 0 Å². The third-order valence-electron chi connectivity index (χ3n) is 4.83. The first kappa shape index (κ1) is 24.7. The van der Waals surface area contributed by atoms with E-state index in [0.717, 1.165) is 25.7 Å². The largest absolute Gasteiger partial charge is 0.481 e. The quantitative estimate of drug-likeness (QED) is 0.199. The Morgan fingerprint density at radius 1 is 0.731 bits per heavy atom. The lowest BCUT2D eigenvalue weighted by atomic mass is 9.97. The van der Waals surface area contributed by atoms with E-state index in [2.05, 4.69) is 19.1 Å². The van der Waals surface area contributed by atoms with Gasteiger partial charge >= 0.3 is 11.9 Å². The molecule has 1 atom stereocenters. The lowest BCUT2D eigenvalue weighted by Crippen LogP contribution is -2.17. The zero-order valence-electron chi connectivity index (χ0n) is 16.8. The van der Waals surface area contributed by atoms with Gasteiger partial charge in [-0.2, -0.15) is 0 Å². The number of allylic oxidation sites excluding steroid dienone is 2. The summed E-state index contributed by atoms with van der Waals surface area (Å²) in [7, 11) is 0. The standard InChI is InChI=1S/C22H40O4/c1-2-3-4-5-6-7-8-9-10-11-12-13-14-15-16-17-18-20(22(25)26)19-21(23)24/h10-11,20H,2-9,12-19H2,1H3,(H,23,24)(H,25,26). The molecule has 0 saturated carbocycles. The SMILES string of the molecule is CCCCCCCCCC=CCCCCCCCC(CC(=O)O)C(=O)O. The van der Waals surface area contributed by atoms with E-state index in [4.69, 9.17) is 10.2 Å². The van der Waals surface area contributed by atoms with E-state index < -0.39 is 17.9 Å². The Labute approximate surface area is 160 Å². The number of hydrogen-bond acceptors (Lipinski definition) is 2. The molecule has 0 radical (unpaired) electrons. The van der Waals surface area contributed by atoms with E-state index >= 15 is 0 Å². The molecule has 0 aromatic rings. The van der Waals surface area contributed by atoms with E-state index in [1.165, 1.54) is 64.2 Å². The first-order valence-electron chi connectivity index (χ1n) is 10.7. The van der Waals surface area contributed by atoms with Gasteiger partial charge in [0.15, 0.2) is 0 Å². The molecule has 0 fully saturated rings. The molecule has 0 aromatic heterocycles. The zero-order chi connectivity index (χ0) is 19.5. The Balaban J connectivity index is 3.37. The van der Waals surface area contributed by atoms with Crippen LogP contribution in [0, 0.1) is 5.92 Å². The average molecular weight is 369 g/mol. The maximum absolute atomic E-state index is 11.0. The summed E-state index contributed by atoms with van der Waals surface area (Å²) in [5.41, 5.74) is 0. The minimum Gasteiger partial charge on any atom is -0.481 e. The molecule has 0 aromatic carbocycles. The van der Waals surface area contributed by atoms with Gasteiger partial charge in [-0.05, 0) is 32.1 Å². The number of carbonyl (C=O) groups is 2. The van der Waals surface area contributed by atoms with Crippen LogP contribution in [0.2, 0.25) is 0 Å². The van der Waals surface area contributed by atoms with Crippen molar-refractivity contribution in [2.24, 2.45) is 5.92 Å². The van der Waals surface area contributed by atoms with Crippen molar-refractivity contribution < 1.29 is 19.8 Å². The van der Waals surface area contributed by atoms with Crippen molar-refractivity contribution >= 4 is 11.9 Å². The van der Waals surface area contributed by atoms with Crippen LogP contribution in [-0.4, -0.2) is 22.2 Å². The lowest BCUT2D eigenvalue weighted by Gasteiger charge is -2.09. The van der Waals surface area contributed by atoms with Crippen molar-refractivity contribution in [2.75, 3.05) is 0 Å². The predicted octanol–water partition coefficient (Wildman–Crippen LogP) is 6.59. The number of rotatable bonds is 19. The molecule has 2 N–H and O–H groups in total. The van der Waals surface area contributed by atoms with Crippen molar-refractivity contribution in [1.82, 2.24) is 0 Å². The average Bonchev–Trinajstić information content (AvgIpc) is 2.59. The van der Waals surface area contributed by atoms with Crippen LogP contribution in [0.25, 0.3) is 0 Å². The first-order valence-corrected chi connectivity index (χ1v) is 10.7. The Hall–Kier alpha value is -1.32. The van der Waals surface area contributed by atoms with Gasteiger partial charge in [0.2, 0.25) is 0 Å². The third-order valence-corrected chi connectivity index (χ3v) is 4.83. The van der Waals surface area contributed by atoms with Crippen LogP contribution in [0.15, 0.2) is 12.2 Å². The molecule has 4 heteroatoms. The molecule has 0 aliphatic rings. The maximum Gasteiger partial charge on any atom is 0.307 e. The highest BCUT2D eigenvalue weighted by atomic mass is 16.4. The number of aliphatic carboxylic acids is 2. The summed E-state index contributed by atoms with van der Waals surface area (Å²) in [6.07, 6.45) is 21.9. The van der Waals surface area contributed by atoms with E-state index in [1.54, 1.807) is 0 Å². The van der Waals surface area contributed by atoms with Gasteiger partial charge in [-0.3, -0.25) is 9.59 Å². The van der Waals surface area contributed by atoms with Gasteiger partial charge in [-0.1, -0.05) is 83.3 Å². The predicted molar refractivity (Wildman–Crippen MR) is 107 cm³/mol. The minimum atomic E-state index is -1.03. The summed E-state index contributed by atoms with van der Waals surface area (Å²) in [6.45, 7) is 2.25. The Kier molecular flexibility index (Phi) is 17.5. The number of carboxylic acids is 2. The fourth-order valence-corrected chi connectivity index (χ4v) is 3.16. The summed E-state index contributed by atoms with van der Waals surface area (Å²) < 4.78 is 0. The summed E-state index contributed by atoms with van der Waals surface area (Å²) in [5.74, 6) is -2.75.